The van der Waals surface area contributed by atoms with E-state index in [2.05, 4.69) is 16.0 Å². The molecule has 10 nitrogen and oxygen atoms in total. The van der Waals surface area contributed by atoms with Crippen LogP contribution >= 0.6 is 0 Å². The van der Waals surface area contributed by atoms with Gasteiger partial charge in [0.15, 0.2) is 5.82 Å². The van der Waals surface area contributed by atoms with Crippen LogP contribution in [0.1, 0.15) is 44.1 Å². The van der Waals surface area contributed by atoms with Crippen LogP contribution in [0.5, 0.6) is 11.8 Å². The molecule has 1 amide bonds. The Kier molecular flexibility index (Phi) is 9.14. The minimum atomic E-state index is -4.51. The first-order valence-electron chi connectivity index (χ1n) is 19.2. The van der Waals surface area contributed by atoms with Crippen molar-refractivity contribution in [2.75, 3.05) is 44.2 Å². The number of rotatable bonds is 9. The van der Waals surface area contributed by atoms with E-state index in [0.717, 1.165) is 6.07 Å². The van der Waals surface area contributed by atoms with Gasteiger partial charge in [-0.15, -0.1) is 6.42 Å². The molecule has 3 saturated heterocycles. The van der Waals surface area contributed by atoms with Gasteiger partial charge in [-0.05, 0) is 48.4 Å². The van der Waals surface area contributed by atoms with E-state index in [1.54, 1.807) is 23.0 Å². The zero-order valence-corrected chi connectivity index (χ0v) is 31.6. The number of aryl methyl sites for hydroxylation is 1. The summed E-state index contributed by atoms with van der Waals surface area (Å²) in [7, 11) is 1.59. The van der Waals surface area contributed by atoms with E-state index in [4.69, 9.17) is 16.1 Å². The second-order valence-electron chi connectivity index (χ2n) is 16.2. The highest BCUT2D eigenvalue weighted by atomic mass is 19.4. The Labute approximate surface area is 331 Å². The first kappa shape index (κ1) is 39.0. The summed E-state index contributed by atoms with van der Waals surface area (Å²) in [5.74, 6) is -3.39. The SMILES string of the molecule is C#Cc1c(F)ccc2cc(O)cc(-c3c(F)c4nc(OC[C@]5(CN6CC[C@H](F)C6)CC5(F)F)nc(N5CC6CCC(C5)N6C(=O)CCC(F)(F)F)c4c4cn(C)nc34)c12. The molecule has 3 aliphatic heterocycles. The number of benzene rings is 3. The molecule has 310 valence electrons. The number of amides is 1. The molecular weight excluding hydrogens is 790 g/mol. The lowest BCUT2D eigenvalue weighted by molar-refractivity contribution is -0.151. The zero-order valence-electron chi connectivity index (χ0n) is 31.6. The van der Waals surface area contributed by atoms with Crippen molar-refractivity contribution in [3.8, 4) is 35.2 Å². The number of hydrogen-bond donors (Lipinski definition) is 1. The van der Waals surface area contributed by atoms with Gasteiger partial charge in [-0.3, -0.25) is 14.4 Å². The van der Waals surface area contributed by atoms with Crippen molar-refractivity contribution < 1.29 is 49.8 Å². The number of terminal acetylenes is 1. The summed E-state index contributed by atoms with van der Waals surface area (Å²) in [6.45, 7) is -0.250. The Morgan fingerprint density at radius 2 is 1.78 bits per heavy atom. The predicted molar refractivity (Wildman–Crippen MR) is 201 cm³/mol. The first-order valence-corrected chi connectivity index (χ1v) is 19.2. The Balaban J connectivity index is 1.20. The molecule has 1 aliphatic carbocycles. The van der Waals surface area contributed by atoms with E-state index >= 15 is 17.6 Å². The van der Waals surface area contributed by atoms with Gasteiger partial charge in [0.2, 0.25) is 5.91 Å². The van der Waals surface area contributed by atoms with Crippen LogP contribution in [-0.2, 0) is 11.8 Å². The maximum absolute atomic E-state index is 17.7. The van der Waals surface area contributed by atoms with Gasteiger partial charge in [0, 0.05) is 87.2 Å². The van der Waals surface area contributed by atoms with Crippen molar-refractivity contribution in [2.45, 2.75) is 68.9 Å². The van der Waals surface area contributed by atoms with E-state index in [9.17, 15) is 27.5 Å². The molecule has 2 bridgehead atoms. The summed E-state index contributed by atoms with van der Waals surface area (Å²) >= 11 is 0. The molecule has 2 unspecified atom stereocenters. The van der Waals surface area contributed by atoms with Gasteiger partial charge in [-0.2, -0.15) is 28.2 Å². The van der Waals surface area contributed by atoms with Gasteiger partial charge in [-0.25, -0.2) is 22.0 Å². The minimum Gasteiger partial charge on any atom is -0.508 e. The fourth-order valence-electron chi connectivity index (χ4n) is 9.39. The van der Waals surface area contributed by atoms with Crippen molar-refractivity contribution in [3.05, 3.63) is 47.7 Å². The topological polar surface area (TPSA) is 99.9 Å². The van der Waals surface area contributed by atoms with Gasteiger partial charge < -0.3 is 19.6 Å². The summed E-state index contributed by atoms with van der Waals surface area (Å²) in [6.07, 6.45) is 0.369. The van der Waals surface area contributed by atoms with E-state index in [-0.39, 0.29) is 82.7 Å². The molecular formula is C41H37F8N7O3. The van der Waals surface area contributed by atoms with Crippen molar-refractivity contribution >= 4 is 44.3 Å². The number of carbonyl (C=O) groups is 1. The lowest BCUT2D eigenvalue weighted by Crippen LogP contribution is -2.56. The number of phenolic OH excluding ortho intramolecular Hbond substituents is 1. The van der Waals surface area contributed by atoms with Crippen molar-refractivity contribution in [1.29, 1.82) is 0 Å². The number of ether oxygens (including phenoxy) is 1. The molecule has 9 rings (SSSR count). The molecule has 4 fully saturated rings. The van der Waals surface area contributed by atoms with E-state index in [1.807, 2.05) is 0 Å². The lowest BCUT2D eigenvalue weighted by atomic mass is 9.91. The fraction of sp³-hybridized carbons (Fsp3) is 0.463. The van der Waals surface area contributed by atoms with Gasteiger partial charge in [0.05, 0.1) is 22.8 Å². The number of alkyl halides is 6. The highest BCUT2D eigenvalue weighted by Gasteiger charge is 2.72. The number of likely N-dealkylation sites (tertiary alicyclic amines) is 1. The molecule has 59 heavy (non-hydrogen) atoms. The molecule has 5 heterocycles. The number of anilines is 1. The van der Waals surface area contributed by atoms with Crippen molar-refractivity contribution in [1.82, 2.24) is 29.5 Å². The van der Waals surface area contributed by atoms with Gasteiger partial charge >= 0.3 is 12.2 Å². The Hall–Kier alpha value is -5.44. The van der Waals surface area contributed by atoms with Crippen LogP contribution in [0.15, 0.2) is 30.5 Å². The number of aromatic nitrogens is 4. The minimum absolute atomic E-state index is 0.00411. The predicted octanol–water partition coefficient (Wildman–Crippen LogP) is 7.27. The number of hydrogen-bond acceptors (Lipinski definition) is 8. The Bertz CT molecular complexity index is 2580. The lowest BCUT2D eigenvalue weighted by Gasteiger charge is -2.42. The molecule has 5 aromatic rings. The average molecular weight is 828 g/mol. The molecule has 18 heteroatoms. The van der Waals surface area contributed by atoms with Gasteiger partial charge in [0.1, 0.15) is 41.2 Å². The summed E-state index contributed by atoms with van der Waals surface area (Å²) in [4.78, 5) is 27.2. The van der Waals surface area contributed by atoms with Gasteiger partial charge in [-0.1, -0.05) is 12.0 Å². The van der Waals surface area contributed by atoms with Crippen LogP contribution in [0.2, 0.25) is 0 Å². The van der Waals surface area contributed by atoms with Crippen LogP contribution in [0.4, 0.5) is 40.9 Å². The number of nitrogens with zero attached hydrogens (tertiary/aromatic N) is 7. The van der Waals surface area contributed by atoms with E-state index in [1.165, 1.54) is 27.8 Å². The quantitative estimate of drug-likeness (QED) is 0.123. The summed E-state index contributed by atoms with van der Waals surface area (Å²) < 4.78 is 124. The number of fused-ring (bicyclic) bond motifs is 6. The maximum Gasteiger partial charge on any atom is 0.389 e. The van der Waals surface area contributed by atoms with Crippen LogP contribution < -0.4 is 9.64 Å². The molecule has 3 aromatic carbocycles. The molecule has 2 aromatic heterocycles. The number of aromatic hydroxyl groups is 1. The van der Waals surface area contributed by atoms with Crippen LogP contribution in [0, 0.1) is 29.4 Å². The molecule has 1 N–H and O–H groups in total. The van der Waals surface area contributed by atoms with E-state index in [0.29, 0.717) is 30.2 Å². The number of phenols is 1. The maximum atomic E-state index is 17.7. The average Bonchev–Trinajstić information content (AvgIpc) is 3.53. The monoisotopic (exact) mass is 827 g/mol. The number of piperazine rings is 1. The largest absolute Gasteiger partial charge is 0.508 e. The fourth-order valence-corrected chi connectivity index (χ4v) is 9.39. The smallest absolute Gasteiger partial charge is 0.389 e. The zero-order chi connectivity index (χ0) is 41.8. The Morgan fingerprint density at radius 3 is 2.42 bits per heavy atom. The third kappa shape index (κ3) is 6.70. The van der Waals surface area contributed by atoms with Crippen molar-refractivity contribution in [2.24, 2.45) is 12.5 Å². The normalized spacial score (nSPS) is 24.1. The molecule has 0 radical (unpaired) electrons. The van der Waals surface area contributed by atoms with Crippen molar-refractivity contribution in [3.63, 3.8) is 0 Å². The van der Waals surface area contributed by atoms with Gasteiger partial charge in [0.25, 0.3) is 5.92 Å². The van der Waals surface area contributed by atoms with Crippen LogP contribution in [-0.4, -0.2) is 110 Å². The third-order valence-electron chi connectivity index (χ3n) is 12.2. The number of halogens is 8. The summed E-state index contributed by atoms with van der Waals surface area (Å²) in [5, 5.41) is 16.3. The highest BCUT2D eigenvalue weighted by molar-refractivity contribution is 6.18. The number of carbonyl (C=O) groups excluding carboxylic acids is 1. The van der Waals surface area contributed by atoms with Crippen LogP contribution in [0.25, 0.3) is 43.7 Å². The molecule has 1 saturated carbocycles. The second kappa shape index (κ2) is 13.8. The third-order valence-corrected chi connectivity index (χ3v) is 12.2. The highest BCUT2D eigenvalue weighted by Crippen LogP contribution is 2.61. The van der Waals surface area contributed by atoms with E-state index < -0.39 is 85.2 Å². The summed E-state index contributed by atoms with van der Waals surface area (Å²) in [5.41, 5.74) is -2.36. The molecule has 0 spiro atoms. The second-order valence-corrected chi connectivity index (χ2v) is 16.2. The Morgan fingerprint density at radius 1 is 1.05 bits per heavy atom. The summed E-state index contributed by atoms with van der Waals surface area (Å²) in [6, 6.07) is 3.61. The molecule has 4 atom stereocenters. The van der Waals surface area contributed by atoms with Crippen LogP contribution in [0.3, 0.4) is 0 Å². The standard InChI is InChI=1S/C41H37F8N7O3/c1-3-26-29(43)7-4-21-12-25(57)13-27(31(21)26)32-34(44)36-33(28-17-53(2)52-35(28)32)37(55-15-23-5-6-24(16-55)56(23)30(58)8-10-41(47,48)49)51-38(50-36)59-20-39(18-40(39,45)46)19-54-11-9-22(42)14-54/h1,4,7,12-13,17,22-24,57H,5-6,8-11,14-16,18-20H2,2H3/t22-,23?,24?,39+/m0/s1. The first-order chi connectivity index (χ1) is 28.0. The molecule has 4 aliphatic rings.